The molecule has 3 aromatic heterocycles. The van der Waals surface area contributed by atoms with Crippen molar-refractivity contribution in [1.82, 2.24) is 24.6 Å². The lowest BCUT2D eigenvalue weighted by atomic mass is 10.1. The van der Waals surface area contributed by atoms with Crippen molar-refractivity contribution in [3.8, 4) is 11.1 Å². The molecular formula is C24H25N5O2. The van der Waals surface area contributed by atoms with E-state index in [0.29, 0.717) is 18.8 Å². The average Bonchev–Trinajstić information content (AvgIpc) is 3.35. The van der Waals surface area contributed by atoms with Crippen molar-refractivity contribution in [3.63, 3.8) is 0 Å². The van der Waals surface area contributed by atoms with Gasteiger partial charge < -0.3 is 9.32 Å². The lowest BCUT2D eigenvalue weighted by Gasteiger charge is -2.33. The summed E-state index contributed by atoms with van der Waals surface area (Å²) in [6, 6.07) is 14.2. The van der Waals surface area contributed by atoms with E-state index in [1.165, 1.54) is 0 Å². The first-order valence-corrected chi connectivity index (χ1v) is 10.5. The van der Waals surface area contributed by atoms with Crippen LogP contribution in [-0.4, -0.2) is 56.7 Å². The molecule has 7 heteroatoms. The molecule has 0 N–H and O–H groups in total. The SMILES string of the molecule is Cc1cc(C(=O)N2CCN(Cc3cc4cc(-c5cccnc5)ccc4o3)CC2)nn1C. The van der Waals surface area contributed by atoms with Crippen LogP contribution in [0.15, 0.2) is 59.3 Å². The summed E-state index contributed by atoms with van der Waals surface area (Å²) in [5, 5.41) is 5.41. The zero-order valence-corrected chi connectivity index (χ0v) is 17.8. The number of amides is 1. The fraction of sp³-hybridized carbons (Fsp3) is 0.292. The highest BCUT2D eigenvalue weighted by molar-refractivity contribution is 5.92. The Morgan fingerprint density at radius 3 is 2.61 bits per heavy atom. The molecule has 7 nitrogen and oxygen atoms in total. The number of rotatable bonds is 4. The Kier molecular flexibility index (Phi) is 5.03. The molecule has 0 atom stereocenters. The Balaban J connectivity index is 1.23. The molecule has 1 saturated heterocycles. The van der Waals surface area contributed by atoms with Gasteiger partial charge in [0.2, 0.25) is 0 Å². The van der Waals surface area contributed by atoms with Crippen molar-refractivity contribution in [1.29, 1.82) is 0 Å². The standard InChI is InChI=1S/C24H25N5O2/c1-17-12-22(26-27(17)2)24(30)29-10-8-28(9-11-29)16-21-14-20-13-18(5-6-23(20)31-21)19-4-3-7-25-15-19/h3-7,12-15H,8-11,16H2,1-2H3. The molecule has 158 valence electrons. The second-order valence-electron chi connectivity index (χ2n) is 8.07. The molecule has 0 spiro atoms. The molecule has 0 aliphatic carbocycles. The number of hydrogen-bond donors (Lipinski definition) is 0. The molecule has 0 bridgehead atoms. The van der Waals surface area contributed by atoms with Crippen LogP contribution in [0.4, 0.5) is 0 Å². The monoisotopic (exact) mass is 415 g/mol. The number of carbonyl (C=O) groups excluding carboxylic acids is 1. The number of benzene rings is 1. The first-order valence-electron chi connectivity index (χ1n) is 10.5. The molecule has 1 fully saturated rings. The van der Waals surface area contributed by atoms with E-state index in [4.69, 9.17) is 4.42 Å². The Bertz CT molecular complexity index is 1200. The quantitative estimate of drug-likeness (QED) is 0.510. The van der Waals surface area contributed by atoms with Crippen molar-refractivity contribution in [3.05, 3.63) is 72.0 Å². The molecule has 5 rings (SSSR count). The Labute approximate surface area is 180 Å². The molecular weight excluding hydrogens is 390 g/mol. The third-order valence-electron chi connectivity index (χ3n) is 5.93. The second-order valence-corrected chi connectivity index (χ2v) is 8.07. The predicted molar refractivity (Wildman–Crippen MR) is 119 cm³/mol. The molecule has 0 radical (unpaired) electrons. The van der Waals surface area contributed by atoms with Crippen LogP contribution in [0.1, 0.15) is 21.9 Å². The maximum Gasteiger partial charge on any atom is 0.274 e. The van der Waals surface area contributed by atoms with Crippen LogP contribution in [-0.2, 0) is 13.6 Å². The number of fused-ring (bicyclic) bond motifs is 1. The Hall–Kier alpha value is -3.45. The lowest BCUT2D eigenvalue weighted by Crippen LogP contribution is -2.48. The van der Waals surface area contributed by atoms with Gasteiger partial charge in [0.25, 0.3) is 5.91 Å². The van der Waals surface area contributed by atoms with Crippen LogP contribution in [0.2, 0.25) is 0 Å². The number of carbonyl (C=O) groups is 1. The third-order valence-corrected chi connectivity index (χ3v) is 5.93. The number of pyridine rings is 1. The summed E-state index contributed by atoms with van der Waals surface area (Å²) in [5.41, 5.74) is 4.62. The number of hydrogen-bond acceptors (Lipinski definition) is 5. The van der Waals surface area contributed by atoms with Crippen LogP contribution >= 0.6 is 0 Å². The Morgan fingerprint density at radius 2 is 1.90 bits per heavy atom. The van der Waals surface area contributed by atoms with Crippen molar-refractivity contribution in [2.45, 2.75) is 13.5 Å². The number of piperazine rings is 1. The van der Waals surface area contributed by atoms with Crippen LogP contribution in [0.5, 0.6) is 0 Å². The predicted octanol–water partition coefficient (Wildman–Crippen LogP) is 3.49. The number of nitrogens with zero attached hydrogens (tertiary/aromatic N) is 5. The number of aromatic nitrogens is 3. The van der Waals surface area contributed by atoms with E-state index in [1.54, 1.807) is 10.9 Å². The van der Waals surface area contributed by atoms with Crippen LogP contribution < -0.4 is 0 Å². The zero-order chi connectivity index (χ0) is 21.4. The summed E-state index contributed by atoms with van der Waals surface area (Å²) >= 11 is 0. The lowest BCUT2D eigenvalue weighted by molar-refractivity contribution is 0.0614. The molecule has 0 saturated carbocycles. The van der Waals surface area contributed by atoms with Gasteiger partial charge in [-0.3, -0.25) is 19.4 Å². The second kappa shape index (κ2) is 8.00. The van der Waals surface area contributed by atoms with Gasteiger partial charge in [-0.2, -0.15) is 5.10 Å². The summed E-state index contributed by atoms with van der Waals surface area (Å²) in [4.78, 5) is 21.1. The highest BCUT2D eigenvalue weighted by atomic mass is 16.3. The molecule has 31 heavy (non-hydrogen) atoms. The van der Waals surface area contributed by atoms with Crippen LogP contribution in [0.25, 0.3) is 22.1 Å². The number of furan rings is 1. The fourth-order valence-electron chi connectivity index (χ4n) is 4.05. The molecule has 1 aliphatic heterocycles. The van der Waals surface area contributed by atoms with E-state index in [-0.39, 0.29) is 5.91 Å². The van der Waals surface area contributed by atoms with Gasteiger partial charge in [-0.15, -0.1) is 0 Å². The minimum absolute atomic E-state index is 0.00928. The topological polar surface area (TPSA) is 67.4 Å². The fourth-order valence-corrected chi connectivity index (χ4v) is 4.05. The molecule has 1 aromatic carbocycles. The normalized spacial score (nSPS) is 15.0. The smallest absolute Gasteiger partial charge is 0.274 e. The first kappa shape index (κ1) is 19.5. The van der Waals surface area contributed by atoms with Crippen LogP contribution in [0, 0.1) is 6.92 Å². The van der Waals surface area contributed by atoms with E-state index in [9.17, 15) is 4.79 Å². The van der Waals surface area contributed by atoms with Crippen LogP contribution in [0.3, 0.4) is 0 Å². The van der Waals surface area contributed by atoms with Gasteiger partial charge in [-0.1, -0.05) is 12.1 Å². The average molecular weight is 415 g/mol. The summed E-state index contributed by atoms with van der Waals surface area (Å²) in [6.45, 7) is 5.71. The van der Waals surface area contributed by atoms with E-state index < -0.39 is 0 Å². The van der Waals surface area contributed by atoms with Gasteiger partial charge in [0.1, 0.15) is 11.3 Å². The van der Waals surface area contributed by atoms with E-state index >= 15 is 0 Å². The van der Waals surface area contributed by atoms with Crippen molar-refractivity contribution >= 4 is 16.9 Å². The van der Waals surface area contributed by atoms with Gasteiger partial charge in [0.15, 0.2) is 5.69 Å². The van der Waals surface area contributed by atoms with E-state index in [1.807, 2.05) is 43.3 Å². The highest BCUT2D eigenvalue weighted by Gasteiger charge is 2.24. The van der Waals surface area contributed by atoms with Crippen molar-refractivity contribution in [2.24, 2.45) is 7.05 Å². The van der Waals surface area contributed by atoms with Gasteiger partial charge in [0, 0.05) is 62.3 Å². The summed E-state index contributed by atoms with van der Waals surface area (Å²) in [5.74, 6) is 0.952. The summed E-state index contributed by atoms with van der Waals surface area (Å²) in [6.07, 6.45) is 3.65. The van der Waals surface area contributed by atoms with Gasteiger partial charge in [-0.25, -0.2) is 0 Å². The minimum Gasteiger partial charge on any atom is -0.460 e. The van der Waals surface area contributed by atoms with Crippen molar-refractivity contribution < 1.29 is 9.21 Å². The van der Waals surface area contributed by atoms with E-state index in [2.05, 4.69) is 39.2 Å². The molecule has 4 heterocycles. The largest absolute Gasteiger partial charge is 0.460 e. The van der Waals surface area contributed by atoms with Gasteiger partial charge in [-0.05, 0) is 42.8 Å². The number of aryl methyl sites for hydroxylation is 2. The molecule has 1 aliphatic rings. The Morgan fingerprint density at radius 1 is 1.06 bits per heavy atom. The highest BCUT2D eigenvalue weighted by Crippen LogP contribution is 2.27. The third kappa shape index (κ3) is 3.96. The maximum atomic E-state index is 12.7. The maximum absolute atomic E-state index is 12.7. The summed E-state index contributed by atoms with van der Waals surface area (Å²) in [7, 11) is 1.86. The molecule has 0 unspecified atom stereocenters. The zero-order valence-electron chi connectivity index (χ0n) is 17.8. The minimum atomic E-state index is 0.00928. The van der Waals surface area contributed by atoms with Crippen molar-refractivity contribution in [2.75, 3.05) is 26.2 Å². The van der Waals surface area contributed by atoms with Gasteiger partial charge >= 0.3 is 0 Å². The first-order chi connectivity index (χ1) is 15.1. The molecule has 4 aromatic rings. The van der Waals surface area contributed by atoms with E-state index in [0.717, 1.165) is 53.2 Å². The van der Waals surface area contributed by atoms with Gasteiger partial charge in [0.05, 0.1) is 6.54 Å². The molecule has 1 amide bonds. The summed E-state index contributed by atoms with van der Waals surface area (Å²) < 4.78 is 7.81.